The Morgan fingerprint density at radius 2 is 1.77 bits per heavy atom. The lowest BCUT2D eigenvalue weighted by molar-refractivity contribution is -0.114. The van der Waals surface area contributed by atoms with Crippen molar-refractivity contribution < 1.29 is 14.0 Å². The van der Waals surface area contributed by atoms with E-state index in [1.807, 2.05) is 37.3 Å². The van der Waals surface area contributed by atoms with E-state index >= 15 is 0 Å². The molecule has 31 heavy (non-hydrogen) atoms. The topological polar surface area (TPSA) is 97.1 Å². The van der Waals surface area contributed by atoms with Gasteiger partial charge in [-0.2, -0.15) is 0 Å². The number of hydrogen-bond acceptors (Lipinski definition) is 6. The molecule has 0 saturated carbocycles. The van der Waals surface area contributed by atoms with E-state index < -0.39 is 5.91 Å². The Morgan fingerprint density at radius 3 is 2.55 bits per heavy atom. The maximum Gasteiger partial charge on any atom is 0.291 e. The van der Waals surface area contributed by atoms with Crippen LogP contribution in [0.5, 0.6) is 0 Å². The Kier molecular flexibility index (Phi) is 5.99. The molecule has 7 nitrogen and oxygen atoms in total. The predicted octanol–water partition coefficient (Wildman–Crippen LogP) is 5.03. The molecule has 0 atom stereocenters. The number of anilines is 2. The van der Waals surface area contributed by atoms with E-state index in [9.17, 15) is 9.59 Å². The first kappa shape index (κ1) is 20.6. The van der Waals surface area contributed by atoms with Crippen molar-refractivity contribution in [1.82, 2.24) is 9.97 Å². The average molecular weight is 433 g/mol. The molecule has 2 heterocycles. The molecule has 2 N–H and O–H groups in total. The lowest BCUT2D eigenvalue weighted by Gasteiger charge is -2.12. The van der Waals surface area contributed by atoms with Gasteiger partial charge in [0.05, 0.1) is 11.4 Å². The van der Waals surface area contributed by atoms with Crippen molar-refractivity contribution in [1.29, 1.82) is 0 Å². The third kappa shape index (κ3) is 4.75. The second kappa shape index (κ2) is 9.01. The number of hydrogen-bond donors (Lipinski definition) is 2. The zero-order valence-electron chi connectivity index (χ0n) is 17.0. The number of aromatic nitrogens is 2. The molecular formula is C23H20N4O3S. The molecule has 2 aromatic heterocycles. The van der Waals surface area contributed by atoms with Crippen LogP contribution in [0.25, 0.3) is 11.0 Å². The fourth-order valence-electron chi connectivity index (χ4n) is 3.16. The van der Waals surface area contributed by atoms with Gasteiger partial charge < -0.3 is 15.1 Å². The highest BCUT2D eigenvalue weighted by molar-refractivity contribution is 7.98. The van der Waals surface area contributed by atoms with Gasteiger partial charge in [-0.1, -0.05) is 36.0 Å². The third-order valence-electron chi connectivity index (χ3n) is 4.53. The van der Waals surface area contributed by atoms with Crippen LogP contribution in [-0.4, -0.2) is 21.8 Å². The molecule has 0 fully saturated rings. The summed E-state index contributed by atoms with van der Waals surface area (Å²) in [6.07, 6.45) is 3.36. The van der Waals surface area contributed by atoms with Crippen molar-refractivity contribution in [2.75, 3.05) is 10.6 Å². The van der Waals surface area contributed by atoms with E-state index in [0.717, 1.165) is 16.5 Å². The van der Waals surface area contributed by atoms with Crippen LogP contribution in [0.3, 0.4) is 0 Å². The quantitative estimate of drug-likeness (QED) is 0.327. The predicted molar refractivity (Wildman–Crippen MR) is 121 cm³/mol. The van der Waals surface area contributed by atoms with E-state index in [-0.39, 0.29) is 11.7 Å². The van der Waals surface area contributed by atoms with Gasteiger partial charge in [-0.25, -0.2) is 9.97 Å². The minimum atomic E-state index is -0.391. The number of para-hydroxylation sites is 1. The van der Waals surface area contributed by atoms with Crippen LogP contribution >= 0.6 is 11.8 Å². The monoisotopic (exact) mass is 432 g/mol. The highest BCUT2D eigenvalue weighted by Gasteiger charge is 2.22. The summed E-state index contributed by atoms with van der Waals surface area (Å²) in [5.74, 6) is 0.0804. The Morgan fingerprint density at radius 1 is 1.00 bits per heavy atom. The van der Waals surface area contributed by atoms with E-state index in [2.05, 4.69) is 20.6 Å². The van der Waals surface area contributed by atoms with Gasteiger partial charge in [0.15, 0.2) is 10.9 Å². The fourth-order valence-corrected chi connectivity index (χ4v) is 3.99. The molecule has 2 aromatic carbocycles. The zero-order valence-corrected chi connectivity index (χ0v) is 17.8. The number of amides is 2. The number of furan rings is 1. The van der Waals surface area contributed by atoms with Crippen LogP contribution in [-0.2, 0) is 10.5 Å². The van der Waals surface area contributed by atoms with Gasteiger partial charge >= 0.3 is 0 Å². The maximum absolute atomic E-state index is 13.2. The molecule has 156 valence electrons. The van der Waals surface area contributed by atoms with Gasteiger partial charge in [0.25, 0.3) is 5.91 Å². The molecule has 4 aromatic rings. The number of nitrogens with zero attached hydrogens (tertiary/aromatic N) is 2. The first-order valence-corrected chi connectivity index (χ1v) is 10.6. The second-order valence-corrected chi connectivity index (χ2v) is 7.85. The van der Waals surface area contributed by atoms with Crippen molar-refractivity contribution in [2.24, 2.45) is 0 Å². The summed E-state index contributed by atoms with van der Waals surface area (Å²) in [4.78, 5) is 33.2. The molecule has 0 bridgehead atoms. The lowest BCUT2D eigenvalue weighted by atomic mass is 10.1. The van der Waals surface area contributed by atoms with Gasteiger partial charge in [-0.15, -0.1) is 0 Å². The summed E-state index contributed by atoms with van der Waals surface area (Å²) in [7, 11) is 0. The minimum absolute atomic E-state index is 0.219. The summed E-state index contributed by atoms with van der Waals surface area (Å²) < 4.78 is 5.92. The van der Waals surface area contributed by atoms with Gasteiger partial charge in [0, 0.05) is 36.0 Å². The largest absolute Gasteiger partial charge is 0.451 e. The van der Waals surface area contributed by atoms with E-state index in [1.165, 1.54) is 18.7 Å². The van der Waals surface area contributed by atoms with Gasteiger partial charge in [0.2, 0.25) is 5.91 Å². The number of aryl methyl sites for hydroxylation is 1. The first-order valence-electron chi connectivity index (χ1n) is 9.61. The minimum Gasteiger partial charge on any atom is -0.451 e. The number of carbonyl (C=O) groups excluding carboxylic acids is 2. The van der Waals surface area contributed by atoms with Crippen molar-refractivity contribution in [3.8, 4) is 0 Å². The van der Waals surface area contributed by atoms with Crippen molar-refractivity contribution >= 4 is 45.9 Å². The molecule has 8 heteroatoms. The normalized spacial score (nSPS) is 10.8. The molecule has 0 aliphatic rings. The van der Waals surface area contributed by atoms with Crippen molar-refractivity contribution in [3.05, 3.63) is 77.8 Å². The molecular weight excluding hydrogens is 412 g/mol. The van der Waals surface area contributed by atoms with Gasteiger partial charge in [-0.3, -0.25) is 9.59 Å². The Balaban J connectivity index is 1.67. The second-order valence-electron chi connectivity index (χ2n) is 6.91. The fraction of sp³-hybridized carbons (Fsp3) is 0.130. The summed E-state index contributed by atoms with van der Waals surface area (Å²) in [6.45, 7) is 3.34. The first-order chi connectivity index (χ1) is 15.0. The van der Waals surface area contributed by atoms with E-state index in [0.29, 0.717) is 27.9 Å². The summed E-state index contributed by atoms with van der Waals surface area (Å²) >= 11 is 1.43. The molecule has 2 amide bonds. The number of thioether (sulfide) groups is 1. The number of rotatable bonds is 6. The molecule has 0 saturated heterocycles. The van der Waals surface area contributed by atoms with Crippen LogP contribution in [0.4, 0.5) is 11.4 Å². The van der Waals surface area contributed by atoms with E-state index in [4.69, 9.17) is 4.42 Å². The third-order valence-corrected chi connectivity index (χ3v) is 5.43. The number of benzene rings is 2. The van der Waals surface area contributed by atoms with Crippen LogP contribution in [0.2, 0.25) is 0 Å². The highest BCUT2D eigenvalue weighted by Crippen LogP contribution is 2.32. The summed E-state index contributed by atoms with van der Waals surface area (Å²) in [6, 6.07) is 14.7. The molecule has 0 radical (unpaired) electrons. The average Bonchev–Trinajstić information content (AvgIpc) is 3.13. The van der Waals surface area contributed by atoms with Crippen LogP contribution in [0.15, 0.2) is 70.5 Å². The molecule has 0 aliphatic carbocycles. The molecule has 4 rings (SSSR count). The maximum atomic E-state index is 13.2. The zero-order chi connectivity index (χ0) is 21.8. The Labute approximate surface area is 183 Å². The molecule has 0 spiro atoms. The summed E-state index contributed by atoms with van der Waals surface area (Å²) in [5.41, 5.74) is 3.37. The van der Waals surface area contributed by atoms with Gasteiger partial charge in [-0.05, 0) is 36.8 Å². The smallest absolute Gasteiger partial charge is 0.291 e. The van der Waals surface area contributed by atoms with Crippen molar-refractivity contribution in [2.45, 2.75) is 24.8 Å². The number of fused-ring (bicyclic) bond motifs is 1. The van der Waals surface area contributed by atoms with Crippen LogP contribution < -0.4 is 10.6 Å². The number of nitrogens with one attached hydrogen (secondary N) is 2. The standard InChI is InChI=1S/C23H20N4O3S/c1-14-8-9-18(26-15(2)28)19(12-14)27-22(29)21-17(13-31-23-24-10-5-11-25-23)16-6-3-4-7-20(16)30-21/h3-12H,13H2,1-2H3,(H,26,28)(H,27,29). The Bertz CT molecular complexity index is 1250. The van der Waals surface area contributed by atoms with E-state index in [1.54, 1.807) is 30.6 Å². The highest BCUT2D eigenvalue weighted by atomic mass is 32.2. The molecule has 0 unspecified atom stereocenters. The Hall–Kier alpha value is -3.65. The number of carbonyl (C=O) groups is 2. The SMILES string of the molecule is CC(=O)Nc1ccc(C)cc1NC(=O)c1oc2ccccc2c1CSc1ncccn1. The lowest BCUT2D eigenvalue weighted by Crippen LogP contribution is -2.16. The van der Waals surface area contributed by atoms with Crippen molar-refractivity contribution in [3.63, 3.8) is 0 Å². The summed E-state index contributed by atoms with van der Waals surface area (Å²) in [5, 5.41) is 7.10. The van der Waals surface area contributed by atoms with Crippen LogP contribution in [0.1, 0.15) is 28.6 Å². The molecule has 0 aliphatic heterocycles. The van der Waals surface area contributed by atoms with Crippen LogP contribution in [0, 0.1) is 6.92 Å². The van der Waals surface area contributed by atoms with Gasteiger partial charge in [0.1, 0.15) is 5.58 Å².